The lowest BCUT2D eigenvalue weighted by Crippen LogP contribution is -2.19. The van der Waals surface area contributed by atoms with Crippen molar-refractivity contribution in [3.8, 4) is 0 Å². The molecule has 0 aliphatic rings. The number of carbonyl (C=O) groups is 1. The molecule has 0 fully saturated rings. The van der Waals surface area contributed by atoms with E-state index in [0.717, 1.165) is 0 Å². The van der Waals surface area contributed by atoms with Crippen molar-refractivity contribution in [2.75, 3.05) is 0 Å². The zero-order chi connectivity index (χ0) is 13.1. The first-order chi connectivity index (χ1) is 8.58. The molecule has 0 saturated heterocycles. The predicted molar refractivity (Wildman–Crippen MR) is 65.0 cm³/mol. The summed E-state index contributed by atoms with van der Waals surface area (Å²) < 4.78 is 14.4. The van der Waals surface area contributed by atoms with E-state index in [1.54, 1.807) is 12.3 Å². The normalized spacial score (nSPS) is 10.7. The van der Waals surface area contributed by atoms with Crippen molar-refractivity contribution >= 4 is 16.7 Å². The van der Waals surface area contributed by atoms with Gasteiger partial charge in [0, 0.05) is 24.5 Å². The Balaban J connectivity index is 2.30. The zero-order valence-electron chi connectivity index (χ0n) is 9.60. The minimum absolute atomic E-state index is 0.0217. The Kier molecular flexibility index (Phi) is 3.41. The molecule has 2 aromatic rings. The molecular formula is C13H12FNO3. The molecule has 4 nitrogen and oxygen atoms in total. The summed E-state index contributed by atoms with van der Waals surface area (Å²) in [4.78, 5) is 22.4. The second kappa shape index (κ2) is 5.00. The first-order valence-corrected chi connectivity index (χ1v) is 5.58. The summed E-state index contributed by atoms with van der Waals surface area (Å²) in [5.74, 6) is -1.27. The number of hydrogen-bond acceptors (Lipinski definition) is 2. The summed E-state index contributed by atoms with van der Waals surface area (Å²) in [6.07, 6.45) is 1.97. The van der Waals surface area contributed by atoms with Crippen molar-refractivity contribution in [2.24, 2.45) is 0 Å². The number of rotatable bonds is 4. The molecule has 0 radical (unpaired) electrons. The maximum atomic E-state index is 13.0. The number of halogens is 1. The Hall–Kier alpha value is -2.17. The van der Waals surface area contributed by atoms with Crippen LogP contribution in [0.15, 0.2) is 35.3 Å². The Morgan fingerprint density at radius 1 is 1.33 bits per heavy atom. The average molecular weight is 249 g/mol. The Labute approximate surface area is 102 Å². The number of carboxylic acid groups (broad SMARTS) is 1. The van der Waals surface area contributed by atoms with Crippen LogP contribution in [0.1, 0.15) is 12.8 Å². The van der Waals surface area contributed by atoms with E-state index in [-0.39, 0.29) is 17.8 Å². The standard InChI is InChI=1S/C13H12FNO3/c14-10-3-4-11-9(8-10)5-7-15(13(11)18)6-1-2-12(16)17/h3-5,7-8H,1-2,6H2,(H,16,17). The van der Waals surface area contributed by atoms with Crippen molar-refractivity contribution in [1.82, 2.24) is 4.57 Å². The number of benzene rings is 1. The molecule has 5 heteroatoms. The third kappa shape index (κ3) is 2.56. The van der Waals surface area contributed by atoms with Crippen molar-refractivity contribution in [3.63, 3.8) is 0 Å². The van der Waals surface area contributed by atoms with Gasteiger partial charge in [0.25, 0.3) is 5.56 Å². The Morgan fingerprint density at radius 2 is 2.11 bits per heavy atom. The van der Waals surface area contributed by atoms with Gasteiger partial charge in [-0.05, 0) is 36.1 Å². The topological polar surface area (TPSA) is 59.3 Å². The highest BCUT2D eigenvalue weighted by Gasteiger charge is 2.04. The number of aliphatic carboxylic acids is 1. The van der Waals surface area contributed by atoms with Crippen molar-refractivity contribution in [2.45, 2.75) is 19.4 Å². The Bertz CT molecular complexity index is 648. The molecule has 0 spiro atoms. The fourth-order valence-electron chi connectivity index (χ4n) is 1.84. The van der Waals surface area contributed by atoms with Gasteiger partial charge in [-0.25, -0.2) is 4.39 Å². The Morgan fingerprint density at radius 3 is 2.83 bits per heavy atom. The minimum Gasteiger partial charge on any atom is -0.481 e. The largest absolute Gasteiger partial charge is 0.481 e. The van der Waals surface area contributed by atoms with E-state index >= 15 is 0 Å². The highest BCUT2D eigenvalue weighted by atomic mass is 19.1. The maximum absolute atomic E-state index is 13.0. The molecule has 0 aliphatic carbocycles. The zero-order valence-corrected chi connectivity index (χ0v) is 9.60. The molecule has 0 aliphatic heterocycles. The number of nitrogens with zero attached hydrogens (tertiary/aromatic N) is 1. The van der Waals surface area contributed by atoms with Gasteiger partial charge < -0.3 is 9.67 Å². The molecule has 1 heterocycles. The smallest absolute Gasteiger partial charge is 0.303 e. The van der Waals surface area contributed by atoms with Gasteiger partial charge in [0.1, 0.15) is 5.82 Å². The van der Waals surface area contributed by atoms with Crippen LogP contribution < -0.4 is 5.56 Å². The van der Waals surface area contributed by atoms with Gasteiger partial charge in [0.2, 0.25) is 0 Å². The van der Waals surface area contributed by atoms with E-state index in [1.807, 2.05) is 0 Å². The third-order valence-corrected chi connectivity index (χ3v) is 2.73. The summed E-state index contributed by atoms with van der Waals surface area (Å²) in [6, 6.07) is 5.64. The fourth-order valence-corrected chi connectivity index (χ4v) is 1.84. The van der Waals surface area contributed by atoms with Crippen LogP contribution in [0.3, 0.4) is 0 Å². The fraction of sp³-hybridized carbons (Fsp3) is 0.231. The highest BCUT2D eigenvalue weighted by Crippen LogP contribution is 2.11. The summed E-state index contributed by atoms with van der Waals surface area (Å²) in [6.45, 7) is 0.346. The molecule has 0 unspecified atom stereocenters. The van der Waals surface area contributed by atoms with E-state index in [0.29, 0.717) is 23.7 Å². The third-order valence-electron chi connectivity index (χ3n) is 2.73. The second-order valence-electron chi connectivity index (χ2n) is 4.04. The molecule has 1 aromatic heterocycles. The molecular weight excluding hydrogens is 237 g/mol. The number of carboxylic acids is 1. The van der Waals surface area contributed by atoms with Gasteiger partial charge in [-0.3, -0.25) is 9.59 Å². The molecule has 0 amide bonds. The van der Waals surface area contributed by atoms with Crippen molar-refractivity contribution in [1.29, 1.82) is 0 Å². The lowest BCUT2D eigenvalue weighted by Gasteiger charge is -2.06. The number of hydrogen-bond donors (Lipinski definition) is 1. The van der Waals surface area contributed by atoms with Crippen LogP contribution in [-0.2, 0) is 11.3 Å². The van der Waals surface area contributed by atoms with Crippen molar-refractivity contribution < 1.29 is 14.3 Å². The number of aryl methyl sites for hydroxylation is 1. The van der Waals surface area contributed by atoms with E-state index in [9.17, 15) is 14.0 Å². The summed E-state index contributed by atoms with van der Waals surface area (Å²) in [5, 5.41) is 9.52. The van der Waals surface area contributed by atoms with Crippen LogP contribution in [0.4, 0.5) is 4.39 Å². The van der Waals surface area contributed by atoms with Gasteiger partial charge in [-0.2, -0.15) is 0 Å². The van der Waals surface area contributed by atoms with Gasteiger partial charge in [0.15, 0.2) is 0 Å². The van der Waals surface area contributed by atoms with E-state index in [2.05, 4.69) is 0 Å². The second-order valence-corrected chi connectivity index (χ2v) is 4.04. The summed E-state index contributed by atoms with van der Waals surface area (Å²) >= 11 is 0. The lowest BCUT2D eigenvalue weighted by molar-refractivity contribution is -0.137. The van der Waals surface area contributed by atoms with Crippen LogP contribution in [-0.4, -0.2) is 15.6 Å². The molecule has 1 N–H and O–H groups in total. The van der Waals surface area contributed by atoms with Gasteiger partial charge >= 0.3 is 5.97 Å². The van der Waals surface area contributed by atoms with Crippen LogP contribution in [0, 0.1) is 5.82 Å². The maximum Gasteiger partial charge on any atom is 0.303 e. The molecule has 0 bridgehead atoms. The van der Waals surface area contributed by atoms with E-state index < -0.39 is 5.97 Å². The number of aromatic nitrogens is 1. The van der Waals surface area contributed by atoms with E-state index in [1.165, 1.54) is 22.8 Å². The highest BCUT2D eigenvalue weighted by molar-refractivity contribution is 5.81. The first kappa shape index (κ1) is 12.3. The molecule has 1 aromatic carbocycles. The quantitative estimate of drug-likeness (QED) is 0.901. The first-order valence-electron chi connectivity index (χ1n) is 5.58. The molecule has 18 heavy (non-hydrogen) atoms. The van der Waals surface area contributed by atoms with Gasteiger partial charge in [-0.15, -0.1) is 0 Å². The minimum atomic E-state index is -0.883. The number of pyridine rings is 1. The van der Waals surface area contributed by atoms with Gasteiger partial charge in [0.05, 0.1) is 0 Å². The van der Waals surface area contributed by atoms with Crippen LogP contribution in [0.25, 0.3) is 10.8 Å². The average Bonchev–Trinajstić information content (AvgIpc) is 2.31. The molecule has 0 saturated carbocycles. The monoisotopic (exact) mass is 249 g/mol. The predicted octanol–water partition coefficient (Wildman–Crippen LogP) is 2.01. The SMILES string of the molecule is O=C(O)CCCn1ccc2cc(F)ccc2c1=O. The summed E-state index contributed by atoms with van der Waals surface area (Å²) in [7, 11) is 0. The van der Waals surface area contributed by atoms with Crippen molar-refractivity contribution in [3.05, 3.63) is 46.6 Å². The van der Waals surface area contributed by atoms with E-state index in [4.69, 9.17) is 5.11 Å². The lowest BCUT2D eigenvalue weighted by atomic mass is 10.1. The van der Waals surface area contributed by atoms with Crippen LogP contribution in [0.5, 0.6) is 0 Å². The molecule has 0 atom stereocenters. The van der Waals surface area contributed by atoms with Gasteiger partial charge in [-0.1, -0.05) is 0 Å². The van der Waals surface area contributed by atoms with Crippen LogP contribution >= 0.6 is 0 Å². The summed E-state index contributed by atoms with van der Waals surface area (Å²) in [5.41, 5.74) is -0.224. The molecule has 94 valence electrons. The molecule has 2 rings (SSSR count). The number of fused-ring (bicyclic) bond motifs is 1. The van der Waals surface area contributed by atoms with Crippen LogP contribution in [0.2, 0.25) is 0 Å².